The Labute approximate surface area is 144 Å². The summed E-state index contributed by atoms with van der Waals surface area (Å²) in [6.07, 6.45) is 4.12. The van der Waals surface area contributed by atoms with Gasteiger partial charge < -0.3 is 21.9 Å². The van der Waals surface area contributed by atoms with Crippen molar-refractivity contribution >= 4 is 29.0 Å². The van der Waals surface area contributed by atoms with Gasteiger partial charge in [-0.2, -0.15) is 0 Å². The van der Waals surface area contributed by atoms with Crippen LogP contribution in [0.25, 0.3) is 0 Å². The van der Waals surface area contributed by atoms with Gasteiger partial charge in [-0.3, -0.25) is 4.79 Å². The second-order valence-corrected chi connectivity index (χ2v) is 6.10. The number of aliphatic imine (C=N–C) groups is 1. The average Bonchev–Trinajstić information content (AvgIpc) is 2.52. The molecule has 2 rings (SSSR count). The Hall–Kier alpha value is -2.12. The molecule has 1 aromatic rings. The number of carbonyl (C=O) groups excluding carboxylic acids is 1. The Kier molecular flexibility index (Phi) is 6.16. The highest BCUT2D eigenvalue weighted by molar-refractivity contribution is 6.30. The van der Waals surface area contributed by atoms with Gasteiger partial charge >= 0.3 is 0 Å². The summed E-state index contributed by atoms with van der Waals surface area (Å²) in [5.74, 6) is -1.49. The highest BCUT2D eigenvalue weighted by Gasteiger charge is 2.19. The SMILES string of the molecule is NC(=O)/C(=C/NC1CCC(O)CC1)C(N)=Nc1ccc(Cl)c(F)c1. The highest BCUT2D eigenvalue weighted by Crippen LogP contribution is 2.21. The van der Waals surface area contributed by atoms with Crippen LogP contribution in [0.4, 0.5) is 10.1 Å². The molecular formula is C16H20ClFN4O2. The third kappa shape index (κ3) is 4.94. The van der Waals surface area contributed by atoms with Gasteiger partial charge in [0.1, 0.15) is 11.7 Å². The first kappa shape index (κ1) is 18.2. The number of benzene rings is 1. The van der Waals surface area contributed by atoms with E-state index >= 15 is 0 Å². The predicted octanol–water partition coefficient (Wildman–Crippen LogP) is 1.73. The van der Waals surface area contributed by atoms with Crippen molar-refractivity contribution in [1.29, 1.82) is 0 Å². The lowest BCUT2D eigenvalue weighted by Crippen LogP contribution is -2.34. The topological polar surface area (TPSA) is 114 Å². The quantitative estimate of drug-likeness (QED) is 0.366. The van der Waals surface area contributed by atoms with Crippen molar-refractivity contribution in [3.63, 3.8) is 0 Å². The van der Waals surface area contributed by atoms with Crippen LogP contribution < -0.4 is 16.8 Å². The number of nitrogens with two attached hydrogens (primary N) is 2. The van der Waals surface area contributed by atoms with Crippen LogP contribution in [-0.2, 0) is 4.79 Å². The predicted molar refractivity (Wildman–Crippen MR) is 91.4 cm³/mol. The molecular weight excluding hydrogens is 335 g/mol. The Balaban J connectivity index is 2.13. The number of aliphatic hydroxyl groups excluding tert-OH is 1. The van der Waals surface area contributed by atoms with E-state index in [9.17, 15) is 14.3 Å². The molecule has 1 aromatic carbocycles. The summed E-state index contributed by atoms with van der Waals surface area (Å²) in [5, 5.41) is 12.5. The summed E-state index contributed by atoms with van der Waals surface area (Å²) < 4.78 is 13.4. The number of hydrogen-bond acceptors (Lipinski definition) is 4. The van der Waals surface area contributed by atoms with E-state index in [-0.39, 0.29) is 34.3 Å². The molecule has 1 fully saturated rings. The Bertz CT molecular complexity index is 670. The van der Waals surface area contributed by atoms with Gasteiger partial charge in [0, 0.05) is 18.3 Å². The summed E-state index contributed by atoms with van der Waals surface area (Å²) in [5.41, 5.74) is 11.4. The first-order valence-electron chi connectivity index (χ1n) is 7.60. The normalized spacial score (nSPS) is 22.3. The minimum absolute atomic E-state index is 0.0106. The Morgan fingerprint density at radius 1 is 1.33 bits per heavy atom. The first-order valence-corrected chi connectivity index (χ1v) is 7.98. The van der Waals surface area contributed by atoms with Crippen LogP contribution in [0.1, 0.15) is 25.7 Å². The molecule has 0 atom stereocenters. The standard InChI is InChI=1S/C16H20ClFN4O2/c17-13-6-3-10(7-14(13)18)22-15(19)12(16(20)24)8-21-9-1-4-11(23)5-2-9/h3,6-9,11,21,23H,1-2,4-5H2,(H2,19,22)(H2,20,24)/b12-8+. The monoisotopic (exact) mass is 354 g/mol. The second kappa shape index (κ2) is 8.12. The maximum absolute atomic E-state index is 13.4. The first-order chi connectivity index (χ1) is 11.4. The zero-order valence-electron chi connectivity index (χ0n) is 13.0. The van der Waals surface area contributed by atoms with E-state index in [1.165, 1.54) is 18.3 Å². The zero-order valence-corrected chi connectivity index (χ0v) is 13.8. The highest BCUT2D eigenvalue weighted by atomic mass is 35.5. The van der Waals surface area contributed by atoms with E-state index in [0.717, 1.165) is 18.9 Å². The van der Waals surface area contributed by atoms with Gasteiger partial charge in [-0.25, -0.2) is 9.38 Å². The van der Waals surface area contributed by atoms with E-state index in [0.29, 0.717) is 12.8 Å². The van der Waals surface area contributed by atoms with Crippen LogP contribution in [0.3, 0.4) is 0 Å². The Morgan fingerprint density at radius 2 is 2.00 bits per heavy atom. The van der Waals surface area contributed by atoms with E-state index in [4.69, 9.17) is 23.1 Å². The maximum Gasteiger partial charge on any atom is 0.253 e. The summed E-state index contributed by atoms with van der Waals surface area (Å²) in [7, 11) is 0. The van der Waals surface area contributed by atoms with Crippen molar-refractivity contribution in [3.05, 3.63) is 40.8 Å². The van der Waals surface area contributed by atoms with Gasteiger partial charge in [0.25, 0.3) is 5.91 Å². The number of aliphatic hydroxyl groups is 1. The fourth-order valence-electron chi connectivity index (χ4n) is 2.47. The van der Waals surface area contributed by atoms with Gasteiger partial charge in [-0.1, -0.05) is 11.6 Å². The number of amides is 1. The fraction of sp³-hybridized carbons (Fsp3) is 0.375. The van der Waals surface area contributed by atoms with Gasteiger partial charge in [0.05, 0.1) is 22.4 Å². The molecule has 0 spiro atoms. The van der Waals surface area contributed by atoms with E-state index in [1.807, 2.05) is 0 Å². The largest absolute Gasteiger partial charge is 0.393 e. The van der Waals surface area contributed by atoms with Crippen molar-refractivity contribution < 1.29 is 14.3 Å². The van der Waals surface area contributed by atoms with Crippen LogP contribution in [-0.4, -0.2) is 29.0 Å². The van der Waals surface area contributed by atoms with Gasteiger partial charge in [0.2, 0.25) is 0 Å². The van der Waals surface area contributed by atoms with Crippen LogP contribution in [0.2, 0.25) is 5.02 Å². The molecule has 0 bridgehead atoms. The Morgan fingerprint density at radius 3 is 2.58 bits per heavy atom. The number of carbonyl (C=O) groups is 1. The van der Waals surface area contributed by atoms with Crippen molar-refractivity contribution in [2.75, 3.05) is 0 Å². The minimum atomic E-state index is -0.742. The number of primary amides is 1. The molecule has 6 N–H and O–H groups in total. The van der Waals surface area contributed by atoms with Crippen molar-refractivity contribution in [2.24, 2.45) is 16.5 Å². The lowest BCUT2D eigenvalue weighted by atomic mass is 9.93. The summed E-state index contributed by atoms with van der Waals surface area (Å²) in [6, 6.07) is 4.07. The molecule has 130 valence electrons. The van der Waals surface area contributed by atoms with Crippen LogP contribution in [0.15, 0.2) is 35.0 Å². The van der Waals surface area contributed by atoms with Crippen molar-refractivity contribution in [1.82, 2.24) is 5.32 Å². The van der Waals surface area contributed by atoms with E-state index in [2.05, 4.69) is 10.3 Å². The number of halogens is 2. The molecule has 0 aliphatic heterocycles. The number of nitrogens with one attached hydrogen (secondary N) is 1. The third-order valence-electron chi connectivity index (χ3n) is 3.85. The molecule has 0 radical (unpaired) electrons. The second-order valence-electron chi connectivity index (χ2n) is 5.69. The molecule has 1 aliphatic carbocycles. The van der Waals surface area contributed by atoms with Crippen molar-refractivity contribution in [2.45, 2.75) is 37.8 Å². The molecule has 0 heterocycles. The molecule has 0 saturated heterocycles. The number of hydrogen-bond donors (Lipinski definition) is 4. The lowest BCUT2D eigenvalue weighted by Gasteiger charge is -2.25. The van der Waals surface area contributed by atoms with Crippen LogP contribution in [0.5, 0.6) is 0 Å². The zero-order chi connectivity index (χ0) is 17.7. The molecule has 1 aliphatic rings. The number of amidine groups is 1. The molecule has 1 amide bonds. The molecule has 0 unspecified atom stereocenters. The number of nitrogens with zero attached hydrogens (tertiary/aromatic N) is 1. The van der Waals surface area contributed by atoms with Gasteiger partial charge in [-0.15, -0.1) is 0 Å². The van der Waals surface area contributed by atoms with Crippen LogP contribution in [0, 0.1) is 5.82 Å². The van der Waals surface area contributed by atoms with E-state index in [1.54, 1.807) is 0 Å². The molecule has 1 saturated carbocycles. The molecule has 6 nitrogen and oxygen atoms in total. The maximum atomic E-state index is 13.4. The van der Waals surface area contributed by atoms with Gasteiger partial charge in [0.15, 0.2) is 0 Å². The average molecular weight is 355 g/mol. The molecule has 0 aromatic heterocycles. The van der Waals surface area contributed by atoms with Crippen molar-refractivity contribution in [3.8, 4) is 0 Å². The van der Waals surface area contributed by atoms with Crippen LogP contribution >= 0.6 is 11.6 Å². The minimum Gasteiger partial charge on any atom is -0.393 e. The summed E-state index contributed by atoms with van der Waals surface area (Å²) in [6.45, 7) is 0. The summed E-state index contributed by atoms with van der Waals surface area (Å²) >= 11 is 5.61. The van der Waals surface area contributed by atoms with Gasteiger partial charge in [-0.05, 0) is 37.8 Å². The van der Waals surface area contributed by atoms with E-state index < -0.39 is 11.7 Å². The third-order valence-corrected chi connectivity index (χ3v) is 4.16. The number of rotatable bonds is 5. The smallest absolute Gasteiger partial charge is 0.253 e. The fourth-order valence-corrected chi connectivity index (χ4v) is 2.59. The summed E-state index contributed by atoms with van der Waals surface area (Å²) in [4.78, 5) is 15.6. The molecule has 8 heteroatoms. The lowest BCUT2D eigenvalue weighted by molar-refractivity contribution is -0.114. The molecule has 24 heavy (non-hydrogen) atoms.